The second-order valence-electron chi connectivity index (χ2n) is 11.5. The highest BCUT2D eigenvalue weighted by Gasteiger charge is 2.30. The first kappa shape index (κ1) is 32.0. The third-order valence-electron chi connectivity index (χ3n) is 8.27. The molecule has 0 unspecified atom stereocenters. The predicted molar refractivity (Wildman–Crippen MR) is 183 cm³/mol. The highest BCUT2D eigenvalue weighted by Crippen LogP contribution is 2.35. The van der Waals surface area contributed by atoms with Gasteiger partial charge >= 0.3 is 5.97 Å². The Morgan fingerprint density at radius 3 is 1.70 bits per heavy atom. The summed E-state index contributed by atoms with van der Waals surface area (Å²) >= 11 is 0. The summed E-state index contributed by atoms with van der Waals surface area (Å²) in [5.41, 5.74) is 13.1. The van der Waals surface area contributed by atoms with Crippen LogP contribution in [0.25, 0.3) is 22.8 Å². The summed E-state index contributed by atoms with van der Waals surface area (Å²) in [5, 5.41) is 14.8. The molecule has 0 aromatic carbocycles. The van der Waals surface area contributed by atoms with Gasteiger partial charge < -0.3 is 21.1 Å². The molecule has 252 valence electrons. The van der Waals surface area contributed by atoms with Gasteiger partial charge in [0.1, 0.15) is 11.6 Å². The van der Waals surface area contributed by atoms with Gasteiger partial charge in [-0.3, -0.25) is 14.2 Å². The minimum Gasteiger partial charge on any atom is -0.461 e. The summed E-state index contributed by atoms with van der Waals surface area (Å²) in [6, 6.07) is 11.1. The Balaban J connectivity index is 0.000000157. The number of ether oxygens (including phenoxy) is 1. The first-order valence-electron chi connectivity index (χ1n) is 16.0. The van der Waals surface area contributed by atoms with Gasteiger partial charge in [-0.15, -0.1) is 0 Å². The van der Waals surface area contributed by atoms with Crippen LogP contribution in [0, 0.1) is 0 Å². The van der Waals surface area contributed by atoms with E-state index in [-0.39, 0.29) is 0 Å². The molecule has 0 aliphatic heterocycles. The minimum absolute atomic E-state index is 0.316. The van der Waals surface area contributed by atoms with Crippen molar-refractivity contribution in [3.63, 3.8) is 0 Å². The van der Waals surface area contributed by atoms with Gasteiger partial charge in [0.2, 0.25) is 11.9 Å². The predicted octanol–water partition coefficient (Wildman–Crippen LogP) is 3.50. The van der Waals surface area contributed by atoms with Crippen molar-refractivity contribution in [3.8, 4) is 22.8 Å². The Hall–Kier alpha value is -6.58. The fraction of sp³-hybridized carbons (Fsp3) is 0.235. The average Bonchev–Trinajstić information content (AvgIpc) is 3.66. The van der Waals surface area contributed by atoms with Crippen molar-refractivity contribution >= 4 is 35.4 Å². The van der Waals surface area contributed by atoms with E-state index in [1.54, 1.807) is 41.9 Å². The number of carbonyl (C=O) groups is 2. The zero-order valence-electron chi connectivity index (χ0n) is 27.6. The molecule has 1 amide bonds. The number of primary amides is 1. The summed E-state index contributed by atoms with van der Waals surface area (Å²) in [7, 11) is 3.60. The number of aromatic nitrogens is 10. The topological polar surface area (TPSA) is 206 Å². The number of nitrogens with two attached hydrogens (primary N) is 1. The molecule has 0 saturated carbocycles. The SMILES string of the molecule is CCOC(=O)c1nn(C)c2c1CCc1cnc(Nc3ccccn3)nc1-2.Cn1nc(C(N)=O)c2c1-c1nc(Nc3ccccn3)ncc1CC2. The van der Waals surface area contributed by atoms with Gasteiger partial charge in [0.05, 0.1) is 29.4 Å². The molecule has 2 aliphatic carbocycles. The molecule has 0 bridgehead atoms. The first-order chi connectivity index (χ1) is 24.3. The van der Waals surface area contributed by atoms with E-state index in [1.807, 2.05) is 49.6 Å². The van der Waals surface area contributed by atoms with Gasteiger partial charge in [-0.25, -0.2) is 34.7 Å². The Morgan fingerprint density at radius 1 is 0.740 bits per heavy atom. The number of aryl methyl sites for hydroxylation is 4. The summed E-state index contributed by atoms with van der Waals surface area (Å²) in [5.74, 6) is 1.32. The van der Waals surface area contributed by atoms with Crippen molar-refractivity contribution in [3.05, 3.63) is 94.8 Å². The number of anilines is 4. The molecular formula is C34H33N13O3. The maximum Gasteiger partial charge on any atom is 0.359 e. The van der Waals surface area contributed by atoms with Gasteiger partial charge in [0, 0.05) is 50.0 Å². The van der Waals surface area contributed by atoms with Crippen LogP contribution >= 0.6 is 0 Å². The largest absolute Gasteiger partial charge is 0.461 e. The number of rotatable bonds is 7. The summed E-state index contributed by atoms with van der Waals surface area (Å²) in [4.78, 5) is 50.2. The van der Waals surface area contributed by atoms with Crippen molar-refractivity contribution in [2.75, 3.05) is 17.2 Å². The number of esters is 1. The first-order valence-corrected chi connectivity index (χ1v) is 16.0. The van der Waals surface area contributed by atoms with Crippen molar-refractivity contribution in [2.45, 2.75) is 32.6 Å². The number of nitrogens with one attached hydrogen (secondary N) is 2. The smallest absolute Gasteiger partial charge is 0.359 e. The van der Waals surface area contributed by atoms with Crippen molar-refractivity contribution in [1.29, 1.82) is 0 Å². The fourth-order valence-electron chi connectivity index (χ4n) is 6.09. The highest BCUT2D eigenvalue weighted by molar-refractivity contribution is 5.94. The van der Waals surface area contributed by atoms with Crippen LogP contribution in [0.15, 0.2) is 61.2 Å². The van der Waals surface area contributed by atoms with E-state index in [0.29, 0.717) is 54.4 Å². The van der Waals surface area contributed by atoms with E-state index in [1.165, 1.54) is 0 Å². The molecule has 16 heteroatoms. The monoisotopic (exact) mass is 671 g/mol. The molecule has 0 fully saturated rings. The minimum atomic E-state index is -0.517. The number of nitrogens with zero attached hydrogens (tertiary/aromatic N) is 10. The molecule has 2 aliphatic rings. The molecule has 16 nitrogen and oxygen atoms in total. The van der Waals surface area contributed by atoms with E-state index in [9.17, 15) is 9.59 Å². The molecule has 4 N–H and O–H groups in total. The Labute approximate surface area is 286 Å². The third kappa shape index (κ3) is 6.21. The van der Waals surface area contributed by atoms with Crippen LogP contribution in [0.1, 0.15) is 50.2 Å². The third-order valence-corrected chi connectivity index (χ3v) is 8.27. The number of hydrogen-bond acceptors (Lipinski definition) is 13. The lowest BCUT2D eigenvalue weighted by molar-refractivity contribution is 0.0517. The number of pyridine rings is 2. The van der Waals surface area contributed by atoms with Gasteiger partial charge in [-0.2, -0.15) is 10.2 Å². The van der Waals surface area contributed by atoms with Crippen molar-refractivity contribution < 1.29 is 14.3 Å². The second-order valence-corrected chi connectivity index (χ2v) is 11.5. The van der Waals surface area contributed by atoms with Crippen molar-refractivity contribution in [2.24, 2.45) is 19.8 Å². The Bertz CT molecular complexity index is 2220. The molecular weight excluding hydrogens is 638 g/mol. The van der Waals surface area contributed by atoms with Gasteiger partial charge in [-0.05, 0) is 68.0 Å². The highest BCUT2D eigenvalue weighted by atomic mass is 16.5. The molecule has 0 atom stereocenters. The van der Waals surface area contributed by atoms with Crippen molar-refractivity contribution in [1.82, 2.24) is 49.5 Å². The zero-order valence-corrected chi connectivity index (χ0v) is 27.6. The lowest BCUT2D eigenvalue weighted by atomic mass is 9.93. The maximum absolute atomic E-state index is 12.2. The molecule has 50 heavy (non-hydrogen) atoms. The van der Waals surface area contributed by atoms with E-state index in [2.05, 4.69) is 50.7 Å². The summed E-state index contributed by atoms with van der Waals surface area (Å²) in [6.07, 6.45) is 9.92. The van der Waals surface area contributed by atoms with Crippen LogP contribution in [-0.4, -0.2) is 67.9 Å². The van der Waals surface area contributed by atoms with Crippen LogP contribution in [0.2, 0.25) is 0 Å². The molecule has 6 heterocycles. The fourth-order valence-corrected chi connectivity index (χ4v) is 6.09. The molecule has 6 aromatic rings. The number of fused-ring (bicyclic) bond motifs is 6. The zero-order chi connectivity index (χ0) is 34.8. The van der Waals surface area contributed by atoms with Crippen LogP contribution in [0.3, 0.4) is 0 Å². The Kier molecular flexibility index (Phi) is 8.64. The van der Waals surface area contributed by atoms with Gasteiger partial charge in [0.25, 0.3) is 5.91 Å². The number of carbonyl (C=O) groups excluding carboxylic acids is 2. The Morgan fingerprint density at radius 2 is 1.24 bits per heavy atom. The normalized spacial score (nSPS) is 12.3. The van der Waals surface area contributed by atoms with Crippen LogP contribution in [0.5, 0.6) is 0 Å². The van der Waals surface area contributed by atoms with Crippen LogP contribution < -0.4 is 16.4 Å². The molecule has 6 aromatic heterocycles. The lowest BCUT2D eigenvalue weighted by Gasteiger charge is -2.17. The number of amides is 1. The van der Waals surface area contributed by atoms with Gasteiger partial charge in [0.15, 0.2) is 11.4 Å². The lowest BCUT2D eigenvalue weighted by Crippen LogP contribution is -2.16. The molecule has 0 radical (unpaired) electrons. The van der Waals surface area contributed by atoms with E-state index in [0.717, 1.165) is 57.9 Å². The molecule has 0 spiro atoms. The standard InChI is InChI=1S/C18H18N6O2.C16H15N7O/c1-3-26-17(25)15-12-8-7-11-10-20-18(21-13-6-4-5-9-19-13)22-14(11)16(12)24(2)23-15;1-23-14-10(13(22-23)15(17)24)6-5-9-8-19-16(21-12(9)14)20-11-4-2-3-7-18-11/h4-6,9-10H,3,7-8H2,1-2H3,(H,19,20,21,22);2-4,7-8H,5-6H2,1H3,(H2,17,24)(H,18,19,20,21). The van der Waals surface area contributed by atoms with E-state index >= 15 is 0 Å². The summed E-state index contributed by atoms with van der Waals surface area (Å²) in [6.45, 7) is 2.10. The number of hydrogen-bond donors (Lipinski definition) is 3. The van der Waals surface area contributed by atoms with E-state index in [4.69, 9.17) is 10.5 Å². The maximum atomic E-state index is 12.2. The van der Waals surface area contributed by atoms with Crippen LogP contribution in [-0.2, 0) is 44.5 Å². The average molecular weight is 672 g/mol. The van der Waals surface area contributed by atoms with Gasteiger partial charge in [-0.1, -0.05) is 12.1 Å². The molecule has 8 rings (SSSR count). The quantitative estimate of drug-likeness (QED) is 0.208. The van der Waals surface area contributed by atoms with E-state index < -0.39 is 11.9 Å². The van der Waals surface area contributed by atoms with Crippen LogP contribution in [0.4, 0.5) is 23.5 Å². The second kappa shape index (κ2) is 13.5. The molecule has 0 saturated heterocycles. The summed E-state index contributed by atoms with van der Waals surface area (Å²) < 4.78 is 8.48.